The van der Waals surface area contributed by atoms with Crippen LogP contribution >= 0.6 is 34.8 Å². The maximum absolute atomic E-state index is 5.29. The fourth-order valence-electron chi connectivity index (χ4n) is 0.116. The van der Waals surface area contributed by atoms with Gasteiger partial charge in [0.2, 0.25) is 3.79 Å². The van der Waals surface area contributed by atoms with Gasteiger partial charge >= 0.3 is 0 Å². The lowest BCUT2D eigenvalue weighted by Crippen LogP contribution is -2.06. The van der Waals surface area contributed by atoms with E-state index in [2.05, 4.69) is 11.3 Å². The monoisotopic (exact) mass is 174 g/mol. The van der Waals surface area contributed by atoms with Crippen molar-refractivity contribution in [3.63, 3.8) is 0 Å². The Morgan fingerprint density at radius 2 is 1.88 bits per heavy atom. The molecular weight excluding hydrogens is 170 g/mol. The van der Waals surface area contributed by atoms with E-state index < -0.39 is 3.79 Å². The van der Waals surface area contributed by atoms with Gasteiger partial charge in [-0.15, -0.1) is 0 Å². The molecule has 0 aliphatic heterocycles. The predicted octanol–water partition coefficient (Wildman–Crippen LogP) is 2.52. The average Bonchev–Trinajstić information content (AvgIpc) is 1.62. The molecule has 8 heavy (non-hydrogen) atoms. The predicted molar refractivity (Wildman–Crippen MR) is 36.4 cm³/mol. The maximum atomic E-state index is 5.29. The summed E-state index contributed by atoms with van der Waals surface area (Å²) < 4.78 is 3.03. The molecule has 0 amide bonds. The molecule has 0 radical (unpaired) electrons. The molecule has 0 aromatic carbocycles. The van der Waals surface area contributed by atoms with Crippen LogP contribution in [0.2, 0.25) is 0 Å². The van der Waals surface area contributed by atoms with E-state index in [1.54, 1.807) is 0 Å². The molecule has 0 fully saturated rings. The Balaban J connectivity index is 3.82. The largest absolute Gasteiger partial charge is 0.497 e. The molecule has 1 nitrogen and oxygen atoms in total. The van der Waals surface area contributed by atoms with Crippen LogP contribution in [-0.2, 0) is 4.74 Å². The molecule has 0 spiro atoms. The van der Waals surface area contributed by atoms with Crippen molar-refractivity contribution in [3.05, 3.63) is 12.3 Å². The molecular formula is C4H5Cl3O. The van der Waals surface area contributed by atoms with Crippen LogP contribution < -0.4 is 0 Å². The molecule has 0 unspecified atom stereocenters. The van der Waals surface area contributed by atoms with Gasteiger partial charge in [-0.05, 0) is 0 Å². The zero-order valence-electron chi connectivity index (χ0n) is 4.25. The average molecular weight is 175 g/mol. The lowest BCUT2D eigenvalue weighted by atomic mass is 10.6. The summed E-state index contributed by atoms with van der Waals surface area (Å²) in [5, 5.41) is 0. The van der Waals surface area contributed by atoms with E-state index in [1.807, 2.05) is 0 Å². The smallest absolute Gasteiger partial charge is 0.246 e. The van der Waals surface area contributed by atoms with Gasteiger partial charge in [0.1, 0.15) is 5.76 Å². The van der Waals surface area contributed by atoms with Crippen molar-refractivity contribution in [2.75, 3.05) is 7.11 Å². The van der Waals surface area contributed by atoms with Crippen LogP contribution in [0.1, 0.15) is 0 Å². The molecule has 0 aromatic heterocycles. The van der Waals surface area contributed by atoms with Crippen molar-refractivity contribution in [1.29, 1.82) is 0 Å². The molecule has 48 valence electrons. The lowest BCUT2D eigenvalue weighted by molar-refractivity contribution is 0.287. The number of hydrogen-bond donors (Lipinski definition) is 0. The Labute approximate surface area is 63.2 Å². The molecule has 0 bridgehead atoms. The quantitative estimate of drug-likeness (QED) is 0.440. The molecule has 0 N–H and O–H groups in total. The second-order valence-corrected chi connectivity index (χ2v) is 3.41. The minimum absolute atomic E-state index is 0.127. The van der Waals surface area contributed by atoms with Gasteiger partial charge in [0.05, 0.1) is 7.11 Å². The van der Waals surface area contributed by atoms with E-state index in [0.717, 1.165) is 0 Å². The molecule has 0 saturated heterocycles. The van der Waals surface area contributed by atoms with Gasteiger partial charge in [0.15, 0.2) is 0 Å². The van der Waals surface area contributed by atoms with E-state index in [-0.39, 0.29) is 5.76 Å². The molecule has 0 rings (SSSR count). The van der Waals surface area contributed by atoms with Crippen LogP contribution in [0.15, 0.2) is 12.3 Å². The van der Waals surface area contributed by atoms with Crippen molar-refractivity contribution in [3.8, 4) is 0 Å². The highest BCUT2D eigenvalue weighted by molar-refractivity contribution is 6.69. The maximum Gasteiger partial charge on any atom is 0.246 e. The summed E-state index contributed by atoms with van der Waals surface area (Å²) in [4.78, 5) is 0. The first kappa shape index (κ1) is 8.41. The van der Waals surface area contributed by atoms with Gasteiger partial charge in [-0.25, -0.2) is 0 Å². The molecule has 0 heterocycles. The number of methoxy groups -OCH3 is 1. The van der Waals surface area contributed by atoms with Crippen molar-refractivity contribution >= 4 is 34.8 Å². The number of hydrogen-bond acceptors (Lipinski definition) is 1. The van der Waals surface area contributed by atoms with Gasteiger partial charge in [0, 0.05) is 0 Å². The molecule has 0 saturated carbocycles. The Kier molecular flexibility index (Phi) is 2.95. The van der Waals surface area contributed by atoms with E-state index in [4.69, 9.17) is 34.8 Å². The number of alkyl halides is 3. The summed E-state index contributed by atoms with van der Waals surface area (Å²) in [6.07, 6.45) is 0. The first-order chi connectivity index (χ1) is 3.48. The molecule has 0 aliphatic carbocycles. The summed E-state index contributed by atoms with van der Waals surface area (Å²) in [6.45, 7) is 3.33. The van der Waals surface area contributed by atoms with Gasteiger partial charge in [-0.1, -0.05) is 41.4 Å². The molecule has 0 aromatic rings. The summed E-state index contributed by atoms with van der Waals surface area (Å²) in [6, 6.07) is 0. The highest BCUT2D eigenvalue weighted by Gasteiger charge is 2.24. The van der Waals surface area contributed by atoms with Crippen molar-refractivity contribution in [1.82, 2.24) is 0 Å². The summed E-state index contributed by atoms with van der Waals surface area (Å²) in [5.74, 6) is 0.127. The second-order valence-electron chi connectivity index (χ2n) is 1.13. The summed E-state index contributed by atoms with van der Waals surface area (Å²) in [5.41, 5.74) is 0. The minimum Gasteiger partial charge on any atom is -0.497 e. The highest BCUT2D eigenvalue weighted by atomic mass is 35.6. The zero-order chi connectivity index (χ0) is 6.78. The topological polar surface area (TPSA) is 9.23 Å². The van der Waals surface area contributed by atoms with Crippen LogP contribution in [-0.4, -0.2) is 10.9 Å². The van der Waals surface area contributed by atoms with Crippen LogP contribution in [0.4, 0.5) is 0 Å². The van der Waals surface area contributed by atoms with Gasteiger partial charge in [0.25, 0.3) is 0 Å². The van der Waals surface area contributed by atoms with Gasteiger partial charge < -0.3 is 4.74 Å². The number of halogens is 3. The standard InChI is InChI=1S/C4H5Cl3O/c1-3(8-2)4(5,6)7/h1H2,2H3. The number of rotatable bonds is 1. The Morgan fingerprint density at radius 1 is 1.50 bits per heavy atom. The molecule has 0 atom stereocenters. The van der Waals surface area contributed by atoms with E-state index >= 15 is 0 Å². The third-order valence-corrected chi connectivity index (χ3v) is 1.19. The van der Waals surface area contributed by atoms with Crippen LogP contribution in [0.3, 0.4) is 0 Å². The third kappa shape index (κ3) is 2.65. The van der Waals surface area contributed by atoms with Gasteiger partial charge in [-0.2, -0.15) is 0 Å². The minimum atomic E-state index is -1.49. The van der Waals surface area contributed by atoms with E-state index in [1.165, 1.54) is 7.11 Å². The normalized spacial score (nSPS) is 11.0. The fraction of sp³-hybridized carbons (Fsp3) is 0.500. The fourth-order valence-corrected chi connectivity index (χ4v) is 0.347. The van der Waals surface area contributed by atoms with Crippen molar-refractivity contribution in [2.24, 2.45) is 0 Å². The third-order valence-electron chi connectivity index (χ3n) is 0.563. The summed E-state index contributed by atoms with van der Waals surface area (Å²) in [7, 11) is 1.39. The SMILES string of the molecule is C=C(OC)C(Cl)(Cl)Cl. The first-order valence-corrected chi connectivity index (χ1v) is 2.92. The first-order valence-electron chi connectivity index (χ1n) is 1.78. The number of allylic oxidation sites excluding steroid dienone is 1. The lowest BCUT2D eigenvalue weighted by Gasteiger charge is -2.11. The van der Waals surface area contributed by atoms with E-state index in [0.29, 0.717) is 0 Å². The van der Waals surface area contributed by atoms with Crippen LogP contribution in [0.5, 0.6) is 0 Å². The summed E-state index contributed by atoms with van der Waals surface area (Å²) >= 11 is 15.9. The van der Waals surface area contributed by atoms with Crippen molar-refractivity contribution < 1.29 is 4.74 Å². The number of ether oxygens (including phenoxy) is 1. The zero-order valence-corrected chi connectivity index (χ0v) is 6.52. The Bertz CT molecular complexity index is 93.9. The second kappa shape index (κ2) is 2.81. The molecule has 0 aliphatic rings. The van der Waals surface area contributed by atoms with Crippen LogP contribution in [0, 0.1) is 0 Å². The van der Waals surface area contributed by atoms with Gasteiger partial charge in [-0.3, -0.25) is 0 Å². The highest BCUT2D eigenvalue weighted by Crippen LogP contribution is 2.33. The Hall–Kier alpha value is 0.410. The Morgan fingerprint density at radius 3 is 1.88 bits per heavy atom. The van der Waals surface area contributed by atoms with Crippen molar-refractivity contribution in [2.45, 2.75) is 3.79 Å². The van der Waals surface area contributed by atoms with E-state index in [9.17, 15) is 0 Å². The van der Waals surface area contributed by atoms with Crippen LogP contribution in [0.25, 0.3) is 0 Å². The molecule has 4 heteroatoms.